The Morgan fingerprint density at radius 1 is 1.83 bits per heavy atom. The van der Waals surface area contributed by atoms with Crippen LogP contribution in [-0.4, -0.2) is 35.3 Å². The van der Waals surface area contributed by atoms with Gasteiger partial charge in [0.15, 0.2) is 0 Å². The Kier molecular flexibility index (Phi) is 3.09. The van der Waals surface area contributed by atoms with Gasteiger partial charge in [-0.05, 0) is 0 Å². The molecule has 1 amide bonds. The Labute approximate surface area is 71.1 Å². The van der Waals surface area contributed by atoms with Gasteiger partial charge in [0.25, 0.3) is 0 Å². The Bertz CT molecular complexity index is 209. The van der Waals surface area contributed by atoms with Gasteiger partial charge in [0.05, 0.1) is 12.6 Å². The number of hydrogen-bond donors (Lipinski definition) is 1. The minimum absolute atomic E-state index is 0.162. The van der Waals surface area contributed by atoms with Crippen LogP contribution in [0.4, 0.5) is 0 Å². The predicted molar refractivity (Wildman–Crippen MR) is 41.7 cm³/mol. The lowest BCUT2D eigenvalue weighted by atomic mass is 10.3. The average molecular weight is 169 g/mol. The van der Waals surface area contributed by atoms with E-state index in [2.05, 4.69) is 5.92 Å². The summed E-state index contributed by atoms with van der Waals surface area (Å²) in [5.41, 5.74) is 0. The van der Waals surface area contributed by atoms with E-state index in [1.54, 1.807) is 0 Å². The largest absolute Gasteiger partial charge is 0.389 e. The second-order valence-electron chi connectivity index (χ2n) is 2.61. The number of hydroxylamine groups is 2. The monoisotopic (exact) mass is 169 g/mol. The molecule has 0 aromatic carbocycles. The molecular weight excluding hydrogens is 158 g/mol. The summed E-state index contributed by atoms with van der Waals surface area (Å²) in [5, 5.41) is 10.2. The molecule has 1 atom stereocenters. The lowest BCUT2D eigenvalue weighted by Gasteiger charge is -2.12. The van der Waals surface area contributed by atoms with Crippen LogP contribution in [0.15, 0.2) is 0 Å². The highest BCUT2D eigenvalue weighted by atomic mass is 16.7. The molecule has 1 rings (SSSR count). The van der Waals surface area contributed by atoms with Crippen LogP contribution in [0.1, 0.15) is 12.8 Å². The first kappa shape index (κ1) is 9.04. The van der Waals surface area contributed by atoms with Gasteiger partial charge in [-0.1, -0.05) is 0 Å². The van der Waals surface area contributed by atoms with Gasteiger partial charge in [-0.2, -0.15) is 0 Å². The van der Waals surface area contributed by atoms with E-state index in [-0.39, 0.29) is 25.5 Å². The zero-order valence-corrected chi connectivity index (χ0v) is 6.69. The van der Waals surface area contributed by atoms with Crippen molar-refractivity contribution in [3.63, 3.8) is 0 Å². The van der Waals surface area contributed by atoms with Crippen molar-refractivity contribution in [3.8, 4) is 12.3 Å². The Morgan fingerprint density at radius 3 is 3.08 bits per heavy atom. The standard InChI is InChI=1S/C8H11NO3/c1-2-3-4-8(11)9-5-7(10)6-12-9/h1,7,10H,3-6H2/t7-/m1/s1. The van der Waals surface area contributed by atoms with Gasteiger partial charge in [0.1, 0.15) is 6.61 Å². The molecule has 0 radical (unpaired) electrons. The molecule has 0 bridgehead atoms. The maximum atomic E-state index is 11.1. The van der Waals surface area contributed by atoms with E-state index in [9.17, 15) is 4.79 Å². The molecule has 12 heavy (non-hydrogen) atoms. The van der Waals surface area contributed by atoms with Gasteiger partial charge in [-0.15, -0.1) is 12.3 Å². The molecule has 1 heterocycles. The number of carbonyl (C=O) groups excluding carboxylic acids is 1. The second kappa shape index (κ2) is 4.10. The van der Waals surface area contributed by atoms with Crippen molar-refractivity contribution in [2.45, 2.75) is 18.9 Å². The van der Waals surface area contributed by atoms with Gasteiger partial charge in [-0.25, -0.2) is 5.06 Å². The van der Waals surface area contributed by atoms with Crippen LogP contribution in [0.25, 0.3) is 0 Å². The van der Waals surface area contributed by atoms with Gasteiger partial charge in [0, 0.05) is 12.8 Å². The summed E-state index contributed by atoms with van der Waals surface area (Å²) in [6.07, 6.45) is 5.13. The minimum Gasteiger partial charge on any atom is -0.389 e. The van der Waals surface area contributed by atoms with E-state index in [1.807, 2.05) is 0 Å². The summed E-state index contributed by atoms with van der Waals surface area (Å²) in [6, 6.07) is 0. The fourth-order valence-electron chi connectivity index (χ4n) is 0.950. The molecule has 0 aromatic rings. The molecule has 1 aliphatic heterocycles. The van der Waals surface area contributed by atoms with Gasteiger partial charge in [0.2, 0.25) is 5.91 Å². The SMILES string of the molecule is C#CCCC(=O)N1C[C@@H](O)CO1. The van der Waals surface area contributed by atoms with Crippen LogP contribution in [0.2, 0.25) is 0 Å². The van der Waals surface area contributed by atoms with Crippen LogP contribution in [0.5, 0.6) is 0 Å². The van der Waals surface area contributed by atoms with Crippen LogP contribution >= 0.6 is 0 Å². The number of hydrogen-bond acceptors (Lipinski definition) is 3. The normalized spacial score (nSPS) is 22.3. The van der Waals surface area contributed by atoms with E-state index < -0.39 is 6.10 Å². The smallest absolute Gasteiger partial charge is 0.247 e. The number of aliphatic hydroxyl groups is 1. The third-order valence-electron chi connectivity index (χ3n) is 1.56. The van der Waals surface area contributed by atoms with Crippen molar-refractivity contribution in [1.82, 2.24) is 5.06 Å². The molecule has 66 valence electrons. The Balaban J connectivity index is 2.29. The van der Waals surface area contributed by atoms with Gasteiger partial charge >= 0.3 is 0 Å². The average Bonchev–Trinajstić information content (AvgIpc) is 2.47. The first-order chi connectivity index (χ1) is 5.74. The van der Waals surface area contributed by atoms with Crippen LogP contribution in [-0.2, 0) is 9.63 Å². The first-order valence-corrected chi connectivity index (χ1v) is 3.79. The van der Waals surface area contributed by atoms with E-state index in [4.69, 9.17) is 16.4 Å². The molecule has 1 saturated heterocycles. The molecule has 1 aliphatic rings. The number of β-amino-alcohol motifs (C(OH)–C–C–N with tert-alkyl or cyclic N) is 1. The predicted octanol–water partition coefficient (Wildman–Crippen LogP) is -0.466. The van der Waals surface area contributed by atoms with E-state index in [0.29, 0.717) is 6.42 Å². The summed E-state index contributed by atoms with van der Waals surface area (Å²) >= 11 is 0. The number of terminal acetylenes is 1. The zero-order chi connectivity index (χ0) is 8.97. The molecule has 1 fully saturated rings. The fourth-order valence-corrected chi connectivity index (χ4v) is 0.950. The van der Waals surface area contributed by atoms with Crippen molar-refractivity contribution in [3.05, 3.63) is 0 Å². The summed E-state index contributed by atoms with van der Waals surface area (Å²) in [4.78, 5) is 16.0. The summed E-state index contributed by atoms with van der Waals surface area (Å²) in [7, 11) is 0. The molecule has 0 aromatic heterocycles. The number of nitrogens with zero attached hydrogens (tertiary/aromatic N) is 1. The molecule has 4 nitrogen and oxygen atoms in total. The van der Waals surface area contributed by atoms with E-state index in [1.165, 1.54) is 5.06 Å². The molecule has 0 saturated carbocycles. The molecule has 0 spiro atoms. The fraction of sp³-hybridized carbons (Fsp3) is 0.625. The third kappa shape index (κ3) is 2.22. The number of rotatable bonds is 2. The maximum absolute atomic E-state index is 11.1. The highest BCUT2D eigenvalue weighted by molar-refractivity contribution is 5.75. The summed E-state index contributed by atoms with van der Waals surface area (Å²) in [5.74, 6) is 2.21. The van der Waals surface area contributed by atoms with Crippen molar-refractivity contribution >= 4 is 5.91 Å². The molecule has 0 aliphatic carbocycles. The topological polar surface area (TPSA) is 49.8 Å². The highest BCUT2D eigenvalue weighted by Crippen LogP contribution is 2.07. The van der Waals surface area contributed by atoms with Crippen LogP contribution in [0, 0.1) is 12.3 Å². The van der Waals surface area contributed by atoms with Crippen molar-refractivity contribution < 1.29 is 14.7 Å². The quantitative estimate of drug-likeness (QED) is 0.569. The van der Waals surface area contributed by atoms with Crippen molar-refractivity contribution in [1.29, 1.82) is 0 Å². The zero-order valence-electron chi connectivity index (χ0n) is 6.69. The van der Waals surface area contributed by atoms with E-state index >= 15 is 0 Å². The summed E-state index contributed by atoms with van der Waals surface area (Å²) in [6.45, 7) is 0.450. The molecule has 4 heteroatoms. The Hall–Kier alpha value is -1.05. The van der Waals surface area contributed by atoms with Crippen molar-refractivity contribution in [2.75, 3.05) is 13.2 Å². The van der Waals surface area contributed by atoms with Crippen molar-refractivity contribution in [2.24, 2.45) is 0 Å². The first-order valence-electron chi connectivity index (χ1n) is 3.79. The second-order valence-corrected chi connectivity index (χ2v) is 2.61. The lowest BCUT2D eigenvalue weighted by molar-refractivity contribution is -0.168. The third-order valence-corrected chi connectivity index (χ3v) is 1.56. The lowest BCUT2D eigenvalue weighted by Crippen LogP contribution is -2.28. The highest BCUT2D eigenvalue weighted by Gasteiger charge is 2.25. The minimum atomic E-state index is -0.556. The van der Waals surface area contributed by atoms with Gasteiger partial charge in [-0.3, -0.25) is 9.63 Å². The Morgan fingerprint density at radius 2 is 2.58 bits per heavy atom. The number of amides is 1. The maximum Gasteiger partial charge on any atom is 0.247 e. The molecule has 1 N–H and O–H groups in total. The summed E-state index contributed by atoms with van der Waals surface area (Å²) < 4.78 is 0. The van der Waals surface area contributed by atoms with E-state index in [0.717, 1.165) is 0 Å². The van der Waals surface area contributed by atoms with Crippen LogP contribution < -0.4 is 0 Å². The molecular formula is C8H11NO3. The van der Waals surface area contributed by atoms with Crippen LogP contribution in [0.3, 0.4) is 0 Å². The number of aliphatic hydroxyl groups excluding tert-OH is 1. The van der Waals surface area contributed by atoms with Gasteiger partial charge < -0.3 is 5.11 Å². The molecule has 0 unspecified atom stereocenters. The number of carbonyl (C=O) groups is 1.